The molecule has 0 fully saturated rings. The summed E-state index contributed by atoms with van der Waals surface area (Å²) in [7, 11) is 0. The Bertz CT molecular complexity index is 134. The first-order valence-electron chi connectivity index (χ1n) is 2.86. The number of nitrogens with zero attached hydrogens (tertiary/aromatic N) is 1. The molecule has 0 aliphatic heterocycles. The van der Waals surface area contributed by atoms with E-state index >= 15 is 0 Å². The summed E-state index contributed by atoms with van der Waals surface area (Å²) in [6.45, 7) is 1.79. The summed E-state index contributed by atoms with van der Waals surface area (Å²) in [4.78, 5) is 10.5. The average molecular weight is 219 g/mol. The van der Waals surface area contributed by atoms with Crippen molar-refractivity contribution >= 4 is 40.9 Å². The fraction of sp³-hybridized carbons (Fsp3) is 0.800. The maximum atomic E-state index is 10.5. The van der Waals surface area contributed by atoms with Gasteiger partial charge in [0.15, 0.2) is 0 Å². The van der Waals surface area contributed by atoms with Crippen molar-refractivity contribution in [2.24, 2.45) is 0 Å². The van der Waals surface area contributed by atoms with Crippen LogP contribution in [-0.2, 0) is 4.74 Å². The third-order valence-electron chi connectivity index (χ3n) is 0.647. The lowest BCUT2D eigenvalue weighted by molar-refractivity contribution is 0.148. The second-order valence-electron chi connectivity index (χ2n) is 1.64. The van der Waals surface area contributed by atoms with Crippen LogP contribution in [0, 0.1) is 0 Å². The van der Waals surface area contributed by atoms with Gasteiger partial charge in [-0.2, -0.15) is 0 Å². The molecule has 0 saturated heterocycles. The topological polar surface area (TPSA) is 40.4 Å². The van der Waals surface area contributed by atoms with E-state index in [0.717, 1.165) is 0 Å². The molecule has 0 bridgehead atoms. The minimum absolute atomic E-state index is 0.278. The van der Waals surface area contributed by atoms with Gasteiger partial charge in [-0.05, 0) is 6.92 Å². The molecule has 0 N–H and O–H groups in total. The molecule has 0 heterocycles. The van der Waals surface area contributed by atoms with Gasteiger partial charge in [0, 0.05) is 6.54 Å². The van der Waals surface area contributed by atoms with Crippen molar-refractivity contribution in [1.82, 2.24) is 5.32 Å². The van der Waals surface area contributed by atoms with Crippen molar-refractivity contribution in [1.29, 1.82) is 0 Å². The Morgan fingerprint density at radius 3 is 2.45 bits per heavy atom. The van der Waals surface area contributed by atoms with E-state index in [1.807, 2.05) is 0 Å². The van der Waals surface area contributed by atoms with E-state index in [9.17, 15) is 4.79 Å². The van der Waals surface area contributed by atoms with E-state index in [1.165, 1.54) is 0 Å². The van der Waals surface area contributed by atoms with Crippen molar-refractivity contribution in [3.63, 3.8) is 0 Å². The molecule has 0 rings (SSSR count). The van der Waals surface area contributed by atoms with Gasteiger partial charge >= 0.3 is 6.09 Å². The van der Waals surface area contributed by atoms with Crippen molar-refractivity contribution in [2.45, 2.75) is 10.7 Å². The predicted octanol–water partition coefficient (Wildman–Crippen LogP) is 2.12. The smallest absolute Gasteiger partial charge is 0.429 e. The molecule has 6 heteroatoms. The van der Waals surface area contributed by atoms with Crippen LogP contribution in [0.3, 0.4) is 0 Å². The lowest BCUT2D eigenvalue weighted by atomic mass is 10.7. The standard InChI is InChI=1S/C5H7Cl3NO2/c1-2-9-4(10)11-3-5(6,7)8/h2-3H2,1H3. The lowest BCUT2D eigenvalue weighted by Gasteiger charge is -2.09. The van der Waals surface area contributed by atoms with Crippen LogP contribution < -0.4 is 5.32 Å². The lowest BCUT2D eigenvalue weighted by Crippen LogP contribution is -2.22. The Labute approximate surface area is 79.9 Å². The highest BCUT2D eigenvalue weighted by Gasteiger charge is 2.21. The van der Waals surface area contributed by atoms with Crippen LogP contribution in [0.25, 0.3) is 0 Å². The zero-order chi connectivity index (χ0) is 8.91. The first-order valence-corrected chi connectivity index (χ1v) is 4.00. The second-order valence-corrected chi connectivity index (χ2v) is 4.16. The molecule has 0 aromatic heterocycles. The van der Waals surface area contributed by atoms with Gasteiger partial charge in [-0.1, -0.05) is 34.8 Å². The third kappa shape index (κ3) is 8.04. The van der Waals surface area contributed by atoms with Gasteiger partial charge in [-0.3, -0.25) is 0 Å². The number of hydrogen-bond acceptors (Lipinski definition) is 2. The molecule has 0 aromatic carbocycles. The van der Waals surface area contributed by atoms with E-state index < -0.39 is 9.89 Å². The zero-order valence-corrected chi connectivity index (χ0v) is 8.08. The molecular formula is C5H7Cl3NO2. The summed E-state index contributed by atoms with van der Waals surface area (Å²) in [6, 6.07) is 0. The summed E-state index contributed by atoms with van der Waals surface area (Å²) in [5, 5.41) is 3.39. The number of amides is 1. The van der Waals surface area contributed by atoms with Gasteiger partial charge in [-0.15, -0.1) is 0 Å². The highest BCUT2D eigenvalue weighted by Crippen LogP contribution is 2.25. The molecule has 0 aromatic rings. The maximum absolute atomic E-state index is 10.5. The van der Waals surface area contributed by atoms with E-state index in [2.05, 4.69) is 10.1 Å². The molecule has 0 atom stereocenters. The molecule has 0 unspecified atom stereocenters. The molecule has 3 nitrogen and oxygen atoms in total. The van der Waals surface area contributed by atoms with Crippen LogP contribution in [0.5, 0.6) is 0 Å². The Morgan fingerprint density at radius 1 is 1.55 bits per heavy atom. The quantitative estimate of drug-likeness (QED) is 0.668. The molecule has 0 spiro atoms. The van der Waals surface area contributed by atoms with Gasteiger partial charge in [0.2, 0.25) is 3.79 Å². The largest absolute Gasteiger partial charge is 0.444 e. The Kier molecular flexibility index (Phi) is 4.97. The number of ether oxygens (including phenoxy) is 1. The molecule has 65 valence electrons. The summed E-state index contributed by atoms with van der Waals surface area (Å²) in [6.07, 6.45) is -0.709. The molecule has 0 saturated carbocycles. The number of halogens is 3. The first kappa shape index (κ1) is 11.1. The predicted molar refractivity (Wildman–Crippen MR) is 44.3 cm³/mol. The van der Waals surface area contributed by atoms with Crippen LogP contribution in [-0.4, -0.2) is 23.0 Å². The van der Waals surface area contributed by atoms with Gasteiger partial charge < -0.3 is 4.74 Å². The monoisotopic (exact) mass is 218 g/mol. The van der Waals surface area contributed by atoms with Gasteiger partial charge in [0.05, 0.1) is 0 Å². The average Bonchev–Trinajstić information content (AvgIpc) is 1.83. The summed E-state index contributed by atoms with van der Waals surface area (Å²) < 4.78 is 2.89. The Balaban J connectivity index is 3.46. The molecule has 0 aliphatic rings. The van der Waals surface area contributed by atoms with Gasteiger partial charge in [0.25, 0.3) is 0 Å². The summed E-state index contributed by atoms with van der Waals surface area (Å²) in [5.41, 5.74) is 0. The number of carbonyl (C=O) groups is 1. The molecule has 1 radical (unpaired) electrons. The fourth-order valence-electron chi connectivity index (χ4n) is 0.318. The van der Waals surface area contributed by atoms with E-state index in [-0.39, 0.29) is 6.61 Å². The first-order chi connectivity index (χ1) is 4.95. The summed E-state index contributed by atoms with van der Waals surface area (Å²) >= 11 is 15.9. The summed E-state index contributed by atoms with van der Waals surface area (Å²) in [5.74, 6) is 0. The third-order valence-corrected chi connectivity index (χ3v) is 0.974. The fourth-order valence-corrected chi connectivity index (χ4v) is 0.482. The SMILES string of the molecule is CC[N]C(=O)OCC(Cl)(Cl)Cl. The Morgan fingerprint density at radius 2 is 2.09 bits per heavy atom. The van der Waals surface area contributed by atoms with Crippen LogP contribution in [0.2, 0.25) is 0 Å². The highest BCUT2D eigenvalue weighted by molar-refractivity contribution is 6.67. The van der Waals surface area contributed by atoms with E-state index in [1.54, 1.807) is 6.92 Å². The number of hydrogen-bond donors (Lipinski definition) is 0. The normalized spacial score (nSPS) is 10.9. The Hall–Kier alpha value is 0.140. The number of rotatable bonds is 2. The van der Waals surface area contributed by atoms with Crippen molar-refractivity contribution in [2.75, 3.05) is 13.2 Å². The zero-order valence-electron chi connectivity index (χ0n) is 5.81. The van der Waals surface area contributed by atoms with E-state index in [0.29, 0.717) is 6.54 Å². The van der Waals surface area contributed by atoms with Gasteiger partial charge in [-0.25, -0.2) is 10.1 Å². The maximum Gasteiger partial charge on any atom is 0.429 e. The van der Waals surface area contributed by atoms with Crippen LogP contribution >= 0.6 is 34.8 Å². The highest BCUT2D eigenvalue weighted by atomic mass is 35.6. The van der Waals surface area contributed by atoms with Crippen molar-refractivity contribution in [3.8, 4) is 0 Å². The van der Waals surface area contributed by atoms with Crippen LogP contribution in [0.4, 0.5) is 4.79 Å². The number of carbonyl (C=O) groups excluding carboxylic acids is 1. The molecule has 0 aliphatic carbocycles. The van der Waals surface area contributed by atoms with Crippen LogP contribution in [0.1, 0.15) is 6.92 Å². The minimum Gasteiger partial charge on any atom is -0.444 e. The van der Waals surface area contributed by atoms with Crippen LogP contribution in [0.15, 0.2) is 0 Å². The molecule has 1 amide bonds. The second kappa shape index (κ2) is 4.91. The van der Waals surface area contributed by atoms with E-state index in [4.69, 9.17) is 34.8 Å². The minimum atomic E-state index is -1.56. The van der Waals surface area contributed by atoms with Gasteiger partial charge in [0.1, 0.15) is 6.61 Å². The van der Waals surface area contributed by atoms with Crippen molar-refractivity contribution < 1.29 is 9.53 Å². The van der Waals surface area contributed by atoms with Crippen molar-refractivity contribution in [3.05, 3.63) is 0 Å². The molecular weight excluding hydrogens is 212 g/mol. The molecule has 11 heavy (non-hydrogen) atoms. The number of alkyl halides is 3.